The highest BCUT2D eigenvalue weighted by Crippen LogP contribution is 2.22. The van der Waals surface area contributed by atoms with Crippen LogP contribution < -0.4 is 10.1 Å². The average Bonchev–Trinajstić information content (AvgIpc) is 2.63. The number of carbonyl (C=O) groups excluding carboxylic acids is 1. The van der Waals surface area contributed by atoms with Crippen molar-refractivity contribution >= 4 is 11.6 Å². The van der Waals surface area contributed by atoms with Crippen LogP contribution in [0.1, 0.15) is 17.3 Å². The van der Waals surface area contributed by atoms with E-state index in [1.165, 1.54) is 18.2 Å². The summed E-state index contributed by atoms with van der Waals surface area (Å²) in [5, 5.41) is 10.8. The van der Waals surface area contributed by atoms with Gasteiger partial charge in [-0.2, -0.15) is 0 Å². The predicted octanol–water partition coefficient (Wildman–Crippen LogP) is 3.93. The standard InChI is InChI=1S/C19H16FN3O2/c1-2-25-18-11-10-17(22-23-18)13-6-5-7-14(12-13)21-19(24)15-8-3-4-9-16(15)20/h3-12H,2H2,1H3,(H,21,24). The lowest BCUT2D eigenvalue weighted by Gasteiger charge is -2.08. The molecule has 0 unspecified atom stereocenters. The summed E-state index contributed by atoms with van der Waals surface area (Å²) in [4.78, 5) is 12.2. The van der Waals surface area contributed by atoms with Crippen LogP contribution in [0.4, 0.5) is 10.1 Å². The minimum absolute atomic E-state index is 0.00578. The third kappa shape index (κ3) is 3.98. The molecule has 0 aliphatic heterocycles. The summed E-state index contributed by atoms with van der Waals surface area (Å²) in [6.07, 6.45) is 0. The van der Waals surface area contributed by atoms with Gasteiger partial charge in [0.25, 0.3) is 5.91 Å². The number of halogens is 1. The second-order valence-electron chi connectivity index (χ2n) is 5.20. The van der Waals surface area contributed by atoms with E-state index >= 15 is 0 Å². The molecular weight excluding hydrogens is 321 g/mol. The number of anilines is 1. The molecule has 0 radical (unpaired) electrons. The largest absolute Gasteiger partial charge is 0.477 e. The van der Waals surface area contributed by atoms with E-state index < -0.39 is 11.7 Å². The highest BCUT2D eigenvalue weighted by molar-refractivity contribution is 6.04. The fraction of sp³-hybridized carbons (Fsp3) is 0.105. The monoisotopic (exact) mass is 337 g/mol. The van der Waals surface area contributed by atoms with Crippen molar-refractivity contribution in [3.05, 3.63) is 72.0 Å². The molecule has 5 nitrogen and oxygen atoms in total. The third-order valence-electron chi connectivity index (χ3n) is 3.47. The molecule has 126 valence electrons. The van der Waals surface area contributed by atoms with Crippen LogP contribution in [0.3, 0.4) is 0 Å². The topological polar surface area (TPSA) is 64.1 Å². The fourth-order valence-electron chi connectivity index (χ4n) is 2.30. The normalized spacial score (nSPS) is 10.3. The molecule has 0 saturated heterocycles. The molecule has 0 spiro atoms. The first kappa shape index (κ1) is 16.6. The molecule has 1 amide bonds. The molecule has 6 heteroatoms. The highest BCUT2D eigenvalue weighted by Gasteiger charge is 2.11. The Morgan fingerprint density at radius 3 is 2.64 bits per heavy atom. The van der Waals surface area contributed by atoms with Gasteiger partial charge in [-0.25, -0.2) is 4.39 Å². The maximum atomic E-state index is 13.7. The van der Waals surface area contributed by atoms with Crippen molar-refractivity contribution in [1.29, 1.82) is 0 Å². The second kappa shape index (κ2) is 7.53. The minimum atomic E-state index is -0.562. The van der Waals surface area contributed by atoms with E-state index in [0.717, 1.165) is 5.56 Å². The first-order valence-corrected chi connectivity index (χ1v) is 7.80. The van der Waals surface area contributed by atoms with Gasteiger partial charge in [0.15, 0.2) is 0 Å². The lowest BCUT2D eigenvalue weighted by atomic mass is 10.1. The Morgan fingerprint density at radius 1 is 1.08 bits per heavy atom. The number of carbonyl (C=O) groups is 1. The number of ether oxygens (including phenoxy) is 1. The molecule has 0 aliphatic carbocycles. The van der Waals surface area contributed by atoms with Gasteiger partial charge in [0.05, 0.1) is 17.9 Å². The van der Waals surface area contributed by atoms with E-state index in [1.807, 2.05) is 13.0 Å². The first-order chi connectivity index (χ1) is 12.2. The van der Waals surface area contributed by atoms with E-state index in [-0.39, 0.29) is 5.56 Å². The zero-order valence-electron chi connectivity index (χ0n) is 13.6. The average molecular weight is 337 g/mol. The zero-order chi connectivity index (χ0) is 17.6. The molecule has 0 bridgehead atoms. The summed E-state index contributed by atoms with van der Waals surface area (Å²) in [6.45, 7) is 2.39. The van der Waals surface area contributed by atoms with Gasteiger partial charge in [-0.05, 0) is 37.3 Å². The molecule has 2 aromatic carbocycles. The van der Waals surface area contributed by atoms with Crippen molar-refractivity contribution in [2.45, 2.75) is 6.92 Å². The smallest absolute Gasteiger partial charge is 0.258 e. The number of hydrogen-bond acceptors (Lipinski definition) is 4. The zero-order valence-corrected chi connectivity index (χ0v) is 13.6. The Labute approximate surface area is 144 Å². The van der Waals surface area contributed by atoms with E-state index in [9.17, 15) is 9.18 Å². The van der Waals surface area contributed by atoms with E-state index in [4.69, 9.17) is 4.74 Å². The minimum Gasteiger partial charge on any atom is -0.477 e. The van der Waals surface area contributed by atoms with Gasteiger partial charge in [-0.15, -0.1) is 10.2 Å². The molecule has 0 atom stereocenters. The van der Waals surface area contributed by atoms with Crippen molar-refractivity contribution < 1.29 is 13.9 Å². The number of nitrogens with zero attached hydrogens (tertiary/aromatic N) is 2. The molecule has 1 aromatic heterocycles. The predicted molar refractivity (Wildman–Crippen MR) is 93.0 cm³/mol. The van der Waals surface area contributed by atoms with Gasteiger partial charge < -0.3 is 10.1 Å². The quantitative estimate of drug-likeness (QED) is 0.766. The number of nitrogens with one attached hydrogen (secondary N) is 1. The van der Waals surface area contributed by atoms with Crippen molar-refractivity contribution in [1.82, 2.24) is 10.2 Å². The fourth-order valence-corrected chi connectivity index (χ4v) is 2.30. The van der Waals surface area contributed by atoms with Gasteiger partial charge in [0.2, 0.25) is 5.88 Å². The van der Waals surface area contributed by atoms with Crippen molar-refractivity contribution in [3.63, 3.8) is 0 Å². The van der Waals surface area contributed by atoms with Crippen LogP contribution in [-0.2, 0) is 0 Å². The summed E-state index contributed by atoms with van der Waals surface area (Å²) in [5.41, 5.74) is 1.96. The van der Waals surface area contributed by atoms with Gasteiger partial charge in [0, 0.05) is 17.3 Å². The van der Waals surface area contributed by atoms with Crippen LogP contribution in [0.25, 0.3) is 11.3 Å². The SMILES string of the molecule is CCOc1ccc(-c2cccc(NC(=O)c3ccccc3F)c2)nn1. The van der Waals surface area contributed by atoms with Gasteiger partial charge in [0.1, 0.15) is 5.82 Å². The lowest BCUT2D eigenvalue weighted by Crippen LogP contribution is -2.13. The number of rotatable bonds is 5. The molecule has 0 saturated carbocycles. The summed E-state index contributed by atoms with van der Waals surface area (Å²) >= 11 is 0. The van der Waals surface area contributed by atoms with Crippen LogP contribution in [0.2, 0.25) is 0 Å². The van der Waals surface area contributed by atoms with Gasteiger partial charge >= 0.3 is 0 Å². The van der Waals surface area contributed by atoms with Crippen LogP contribution in [0.15, 0.2) is 60.7 Å². The Kier molecular flexibility index (Phi) is 4.99. The van der Waals surface area contributed by atoms with E-state index in [0.29, 0.717) is 23.9 Å². The Bertz CT molecular complexity index is 882. The Balaban J connectivity index is 1.79. The summed E-state index contributed by atoms with van der Waals surface area (Å²) in [6, 6.07) is 16.5. The highest BCUT2D eigenvalue weighted by atomic mass is 19.1. The molecule has 3 aromatic rings. The number of aromatic nitrogens is 2. The maximum absolute atomic E-state index is 13.7. The number of amides is 1. The molecule has 0 aliphatic rings. The maximum Gasteiger partial charge on any atom is 0.258 e. The summed E-state index contributed by atoms with van der Waals surface area (Å²) in [5.74, 6) is -0.614. The Morgan fingerprint density at radius 2 is 1.92 bits per heavy atom. The molecule has 0 fully saturated rings. The molecular formula is C19H16FN3O2. The van der Waals surface area contributed by atoms with Crippen LogP contribution >= 0.6 is 0 Å². The molecule has 3 rings (SSSR count). The second-order valence-corrected chi connectivity index (χ2v) is 5.20. The molecule has 1 N–H and O–H groups in total. The van der Waals surface area contributed by atoms with Crippen molar-refractivity contribution in [2.75, 3.05) is 11.9 Å². The number of hydrogen-bond donors (Lipinski definition) is 1. The first-order valence-electron chi connectivity index (χ1n) is 7.80. The third-order valence-corrected chi connectivity index (χ3v) is 3.47. The summed E-state index contributed by atoms with van der Waals surface area (Å²) < 4.78 is 19.0. The van der Waals surface area contributed by atoms with Crippen molar-refractivity contribution in [3.8, 4) is 17.1 Å². The molecule has 25 heavy (non-hydrogen) atoms. The van der Waals surface area contributed by atoms with E-state index in [2.05, 4.69) is 15.5 Å². The van der Waals surface area contributed by atoms with Crippen LogP contribution in [0, 0.1) is 5.82 Å². The van der Waals surface area contributed by atoms with E-state index in [1.54, 1.807) is 36.4 Å². The van der Waals surface area contributed by atoms with Crippen molar-refractivity contribution in [2.24, 2.45) is 0 Å². The van der Waals surface area contributed by atoms with Crippen LogP contribution in [0.5, 0.6) is 5.88 Å². The van der Waals surface area contributed by atoms with Crippen LogP contribution in [-0.4, -0.2) is 22.7 Å². The summed E-state index contributed by atoms with van der Waals surface area (Å²) in [7, 11) is 0. The lowest BCUT2D eigenvalue weighted by molar-refractivity contribution is 0.102. The molecule has 1 heterocycles. The number of benzene rings is 2. The Hall–Kier alpha value is -3.28. The van der Waals surface area contributed by atoms with Gasteiger partial charge in [-0.3, -0.25) is 4.79 Å². The van der Waals surface area contributed by atoms with Gasteiger partial charge in [-0.1, -0.05) is 24.3 Å².